The van der Waals surface area contributed by atoms with Gasteiger partial charge in [0, 0.05) is 5.54 Å². The van der Waals surface area contributed by atoms with E-state index in [0.29, 0.717) is 5.92 Å². The molecule has 2 N–H and O–H groups in total. The molecule has 1 aliphatic carbocycles. The number of benzene rings is 1. The maximum Gasteiger partial charge on any atom is 0.161 e. The van der Waals surface area contributed by atoms with Gasteiger partial charge in [-0.2, -0.15) is 0 Å². The Morgan fingerprint density at radius 2 is 1.65 bits per heavy atom. The molecule has 3 heteroatoms. The lowest BCUT2D eigenvalue weighted by Gasteiger charge is -2.21. The van der Waals surface area contributed by atoms with Gasteiger partial charge in [0.05, 0.1) is 14.2 Å². The minimum atomic E-state index is -0.140. The first-order valence-electron chi connectivity index (χ1n) is 6.07. The van der Waals surface area contributed by atoms with Crippen LogP contribution in [0.15, 0.2) is 12.1 Å². The van der Waals surface area contributed by atoms with Crippen molar-refractivity contribution in [2.24, 2.45) is 5.73 Å². The molecule has 0 amide bonds. The lowest BCUT2D eigenvalue weighted by atomic mass is 9.91. The van der Waals surface area contributed by atoms with E-state index in [9.17, 15) is 0 Å². The zero-order valence-electron chi connectivity index (χ0n) is 11.0. The van der Waals surface area contributed by atoms with Crippen LogP contribution in [-0.4, -0.2) is 14.2 Å². The molecule has 1 aromatic rings. The Balaban J connectivity index is 2.55. The quantitative estimate of drug-likeness (QED) is 0.872. The summed E-state index contributed by atoms with van der Waals surface area (Å²) in [6.07, 6.45) is 2.12. The second-order valence-electron chi connectivity index (χ2n) is 5.11. The van der Waals surface area contributed by atoms with Crippen LogP contribution in [0.4, 0.5) is 0 Å². The van der Waals surface area contributed by atoms with Crippen LogP contribution in [-0.2, 0) is 5.54 Å². The van der Waals surface area contributed by atoms with Crippen molar-refractivity contribution in [3.63, 3.8) is 0 Å². The van der Waals surface area contributed by atoms with Gasteiger partial charge in [0.25, 0.3) is 0 Å². The van der Waals surface area contributed by atoms with Gasteiger partial charge in [-0.25, -0.2) is 0 Å². The Hall–Kier alpha value is -1.22. The summed E-state index contributed by atoms with van der Waals surface area (Å²) in [5, 5.41) is 0. The monoisotopic (exact) mass is 235 g/mol. The van der Waals surface area contributed by atoms with E-state index in [1.165, 1.54) is 11.1 Å². The number of ether oxygens (including phenoxy) is 2. The SMILES string of the molecule is COc1cc(C(C)C)c(C2(N)CC2)cc1OC. The predicted molar refractivity (Wildman–Crippen MR) is 68.7 cm³/mol. The van der Waals surface area contributed by atoms with E-state index in [0.717, 1.165) is 24.3 Å². The molecule has 0 bridgehead atoms. The molecule has 0 aliphatic heterocycles. The number of hydrogen-bond donors (Lipinski definition) is 1. The maximum atomic E-state index is 6.33. The predicted octanol–water partition coefficient (Wildman–Crippen LogP) is 2.78. The van der Waals surface area contributed by atoms with E-state index >= 15 is 0 Å². The Kier molecular flexibility index (Phi) is 3.04. The summed E-state index contributed by atoms with van der Waals surface area (Å²) in [6.45, 7) is 4.35. The number of hydrogen-bond acceptors (Lipinski definition) is 3. The van der Waals surface area contributed by atoms with Gasteiger partial charge in [0.2, 0.25) is 0 Å². The molecule has 0 spiro atoms. The lowest BCUT2D eigenvalue weighted by molar-refractivity contribution is 0.353. The Morgan fingerprint density at radius 3 is 2.06 bits per heavy atom. The first-order valence-corrected chi connectivity index (χ1v) is 6.07. The smallest absolute Gasteiger partial charge is 0.161 e. The fourth-order valence-corrected chi connectivity index (χ4v) is 2.21. The summed E-state index contributed by atoms with van der Waals surface area (Å²) in [6, 6.07) is 4.10. The van der Waals surface area contributed by atoms with Gasteiger partial charge in [-0.15, -0.1) is 0 Å². The normalized spacial score (nSPS) is 17.1. The average molecular weight is 235 g/mol. The average Bonchev–Trinajstić information content (AvgIpc) is 3.06. The largest absolute Gasteiger partial charge is 0.493 e. The second kappa shape index (κ2) is 4.22. The molecule has 0 unspecified atom stereocenters. The first kappa shape index (κ1) is 12.2. The van der Waals surface area contributed by atoms with Crippen LogP contribution in [0, 0.1) is 0 Å². The lowest BCUT2D eigenvalue weighted by Crippen LogP contribution is -2.21. The highest BCUT2D eigenvalue weighted by molar-refractivity contribution is 5.52. The molecule has 0 atom stereocenters. The third-order valence-electron chi connectivity index (χ3n) is 3.50. The standard InChI is InChI=1S/C14H21NO2/c1-9(2)10-7-12(16-3)13(17-4)8-11(10)14(15)5-6-14/h7-9H,5-6,15H2,1-4H3. The van der Waals surface area contributed by atoms with E-state index < -0.39 is 0 Å². The van der Waals surface area contributed by atoms with E-state index in [-0.39, 0.29) is 5.54 Å². The van der Waals surface area contributed by atoms with Crippen LogP contribution >= 0.6 is 0 Å². The molecule has 0 aromatic heterocycles. The van der Waals surface area contributed by atoms with Crippen LogP contribution < -0.4 is 15.2 Å². The molecule has 1 aromatic carbocycles. The van der Waals surface area contributed by atoms with Crippen molar-refractivity contribution in [2.45, 2.75) is 38.1 Å². The third kappa shape index (κ3) is 2.12. The molecule has 0 saturated heterocycles. The van der Waals surface area contributed by atoms with Crippen molar-refractivity contribution in [2.75, 3.05) is 14.2 Å². The summed E-state index contributed by atoms with van der Waals surface area (Å²) < 4.78 is 10.7. The van der Waals surface area contributed by atoms with Gasteiger partial charge in [-0.3, -0.25) is 0 Å². The van der Waals surface area contributed by atoms with Gasteiger partial charge in [-0.05, 0) is 42.0 Å². The number of nitrogens with two attached hydrogens (primary N) is 1. The Labute approximate surface area is 103 Å². The van der Waals surface area contributed by atoms with Crippen LogP contribution in [0.5, 0.6) is 11.5 Å². The Morgan fingerprint density at radius 1 is 1.12 bits per heavy atom. The number of methoxy groups -OCH3 is 2. The van der Waals surface area contributed by atoms with Crippen molar-refractivity contribution < 1.29 is 9.47 Å². The summed E-state index contributed by atoms with van der Waals surface area (Å²) in [7, 11) is 3.32. The molecule has 0 radical (unpaired) electrons. The number of rotatable bonds is 4. The summed E-state index contributed by atoms with van der Waals surface area (Å²) in [4.78, 5) is 0. The zero-order valence-corrected chi connectivity index (χ0v) is 11.0. The van der Waals surface area contributed by atoms with Crippen molar-refractivity contribution in [1.29, 1.82) is 0 Å². The van der Waals surface area contributed by atoms with Gasteiger partial charge in [0.15, 0.2) is 11.5 Å². The van der Waals surface area contributed by atoms with Gasteiger partial charge in [0.1, 0.15) is 0 Å². The molecule has 1 saturated carbocycles. The molecule has 0 heterocycles. The minimum absolute atomic E-state index is 0.140. The van der Waals surface area contributed by atoms with Crippen molar-refractivity contribution in [1.82, 2.24) is 0 Å². The summed E-state index contributed by atoms with van der Waals surface area (Å²) in [5.41, 5.74) is 8.66. The topological polar surface area (TPSA) is 44.5 Å². The van der Waals surface area contributed by atoms with E-state index in [4.69, 9.17) is 15.2 Å². The van der Waals surface area contributed by atoms with Gasteiger partial charge < -0.3 is 15.2 Å². The highest BCUT2D eigenvalue weighted by Gasteiger charge is 2.42. The zero-order chi connectivity index (χ0) is 12.6. The van der Waals surface area contributed by atoms with Crippen molar-refractivity contribution in [3.05, 3.63) is 23.3 Å². The third-order valence-corrected chi connectivity index (χ3v) is 3.50. The highest BCUT2D eigenvalue weighted by atomic mass is 16.5. The first-order chi connectivity index (χ1) is 8.01. The molecule has 1 fully saturated rings. The fourth-order valence-electron chi connectivity index (χ4n) is 2.21. The van der Waals surface area contributed by atoms with E-state index in [2.05, 4.69) is 19.9 Å². The molecule has 17 heavy (non-hydrogen) atoms. The van der Waals surface area contributed by atoms with Crippen LogP contribution in [0.2, 0.25) is 0 Å². The van der Waals surface area contributed by atoms with Crippen molar-refractivity contribution >= 4 is 0 Å². The molecule has 94 valence electrons. The summed E-state index contributed by atoms with van der Waals surface area (Å²) in [5.74, 6) is 1.98. The van der Waals surface area contributed by atoms with Crippen molar-refractivity contribution in [3.8, 4) is 11.5 Å². The molecular weight excluding hydrogens is 214 g/mol. The highest BCUT2D eigenvalue weighted by Crippen LogP contribution is 2.48. The van der Waals surface area contributed by atoms with E-state index in [1.807, 2.05) is 6.07 Å². The van der Waals surface area contributed by atoms with Gasteiger partial charge in [-0.1, -0.05) is 13.8 Å². The van der Waals surface area contributed by atoms with Crippen LogP contribution in [0.25, 0.3) is 0 Å². The molecule has 2 rings (SSSR count). The van der Waals surface area contributed by atoms with Crippen LogP contribution in [0.1, 0.15) is 43.7 Å². The maximum absolute atomic E-state index is 6.33. The van der Waals surface area contributed by atoms with E-state index in [1.54, 1.807) is 14.2 Å². The molecular formula is C14H21NO2. The molecule has 3 nitrogen and oxygen atoms in total. The fraction of sp³-hybridized carbons (Fsp3) is 0.571. The summed E-state index contributed by atoms with van der Waals surface area (Å²) >= 11 is 0. The van der Waals surface area contributed by atoms with Gasteiger partial charge >= 0.3 is 0 Å². The minimum Gasteiger partial charge on any atom is -0.493 e. The second-order valence-corrected chi connectivity index (χ2v) is 5.11. The Bertz CT molecular complexity index is 422. The molecule has 1 aliphatic rings. The van der Waals surface area contributed by atoms with Crippen LogP contribution in [0.3, 0.4) is 0 Å².